The molecule has 3 rings (SSSR count). The smallest absolute Gasteiger partial charge is 0.371 e. The van der Waals surface area contributed by atoms with Gasteiger partial charge in [0.1, 0.15) is 5.56 Å². The second-order valence-corrected chi connectivity index (χ2v) is 5.56. The number of benzene rings is 2. The van der Waals surface area contributed by atoms with Crippen LogP contribution in [0.5, 0.6) is 0 Å². The summed E-state index contributed by atoms with van der Waals surface area (Å²) in [4.78, 5) is 12.2. The molecule has 136 valence electrons. The van der Waals surface area contributed by atoms with Crippen LogP contribution in [0, 0.1) is 6.92 Å². The van der Waals surface area contributed by atoms with Gasteiger partial charge in [-0.15, -0.1) is 0 Å². The van der Waals surface area contributed by atoms with Crippen molar-refractivity contribution in [3.8, 4) is 5.69 Å². The lowest BCUT2D eigenvalue weighted by Crippen LogP contribution is -2.48. The Kier molecular flexibility index (Phi) is 4.05. The van der Waals surface area contributed by atoms with E-state index in [1.165, 1.54) is 6.07 Å². The third-order valence-electron chi connectivity index (χ3n) is 3.79. The molecule has 0 atom stereocenters. The van der Waals surface area contributed by atoms with Crippen molar-refractivity contribution in [1.29, 1.82) is 0 Å². The zero-order valence-electron chi connectivity index (χ0n) is 13.1. The van der Waals surface area contributed by atoms with Gasteiger partial charge in [0, 0.05) is 6.07 Å². The van der Waals surface area contributed by atoms with Crippen LogP contribution in [0.15, 0.2) is 51.8 Å². The molecular weight excluding hydrogens is 364 g/mol. The topological polar surface area (TPSA) is 34.1 Å². The van der Waals surface area contributed by atoms with Crippen molar-refractivity contribution in [2.24, 2.45) is 0 Å². The highest BCUT2D eigenvalue weighted by atomic mass is 19.4. The van der Waals surface area contributed by atoms with E-state index in [2.05, 4.69) is 0 Å². The number of aromatic nitrogens is 1. The van der Waals surface area contributed by atoms with Crippen LogP contribution in [-0.2, 0) is 12.4 Å². The molecule has 0 fully saturated rings. The summed E-state index contributed by atoms with van der Waals surface area (Å²) in [5.41, 5.74) is -4.07. The van der Waals surface area contributed by atoms with E-state index in [1.807, 2.05) is 0 Å². The van der Waals surface area contributed by atoms with Crippen molar-refractivity contribution < 1.29 is 35.3 Å². The van der Waals surface area contributed by atoms with E-state index in [9.17, 15) is 31.1 Å². The van der Waals surface area contributed by atoms with Crippen molar-refractivity contribution in [2.45, 2.75) is 19.3 Å². The van der Waals surface area contributed by atoms with Gasteiger partial charge in [-0.05, 0) is 24.6 Å². The molecule has 0 spiro atoms. The fourth-order valence-electron chi connectivity index (χ4n) is 2.69. The van der Waals surface area contributed by atoms with Crippen molar-refractivity contribution in [1.82, 2.24) is 0 Å². The minimum atomic E-state index is -5.33. The number of hydrogen-bond donors (Lipinski definition) is 0. The third-order valence-corrected chi connectivity index (χ3v) is 3.79. The Bertz CT molecular complexity index is 1050. The monoisotopic (exact) mass is 374 g/mol. The van der Waals surface area contributed by atoms with Gasteiger partial charge in [-0.25, -0.2) is 0 Å². The molecule has 0 aliphatic rings. The summed E-state index contributed by atoms with van der Waals surface area (Å²) in [5.74, 6) is -1.23. The van der Waals surface area contributed by atoms with Gasteiger partial charge in [0.15, 0.2) is 11.8 Å². The number of nitrogens with zero attached hydrogens (tertiary/aromatic N) is 1. The van der Waals surface area contributed by atoms with E-state index in [0.717, 1.165) is 18.3 Å². The Morgan fingerprint density at radius 3 is 2.19 bits per heavy atom. The Hall–Kier alpha value is -2.84. The van der Waals surface area contributed by atoms with E-state index in [4.69, 9.17) is 4.42 Å². The molecule has 1 heterocycles. The minimum absolute atomic E-state index is 0.147. The zero-order valence-corrected chi connectivity index (χ0v) is 13.1. The molecule has 0 aliphatic heterocycles. The molecular formula is C17H10F6NO2+. The molecule has 9 heteroatoms. The molecule has 0 amide bonds. The second-order valence-electron chi connectivity index (χ2n) is 5.56. The van der Waals surface area contributed by atoms with Crippen LogP contribution in [0.2, 0.25) is 0 Å². The molecule has 0 unspecified atom stereocenters. The maximum absolute atomic E-state index is 13.4. The summed E-state index contributed by atoms with van der Waals surface area (Å²) in [7, 11) is 0. The maximum Gasteiger partial charge on any atom is 0.608 e. The predicted molar refractivity (Wildman–Crippen MR) is 78.8 cm³/mol. The van der Waals surface area contributed by atoms with Gasteiger partial charge in [-0.3, -0.25) is 0 Å². The van der Waals surface area contributed by atoms with E-state index in [1.54, 1.807) is 19.1 Å². The molecule has 2 aromatic carbocycles. The Morgan fingerprint density at radius 2 is 1.58 bits per heavy atom. The molecule has 26 heavy (non-hydrogen) atoms. The number of para-hydroxylation sites is 1. The number of hydrogen-bond acceptors (Lipinski definition) is 2. The van der Waals surface area contributed by atoms with Crippen LogP contribution >= 0.6 is 0 Å². The highest BCUT2D eigenvalue weighted by molar-refractivity contribution is 5.77. The van der Waals surface area contributed by atoms with Crippen LogP contribution in [-0.4, -0.2) is 0 Å². The van der Waals surface area contributed by atoms with Gasteiger partial charge in [0.25, 0.3) is 0 Å². The Morgan fingerprint density at radius 1 is 0.923 bits per heavy atom. The number of rotatable bonds is 1. The van der Waals surface area contributed by atoms with Crippen molar-refractivity contribution in [3.63, 3.8) is 0 Å². The van der Waals surface area contributed by atoms with Crippen LogP contribution in [0.4, 0.5) is 26.3 Å². The lowest BCUT2D eigenvalue weighted by Gasteiger charge is -2.15. The van der Waals surface area contributed by atoms with E-state index < -0.39 is 34.9 Å². The van der Waals surface area contributed by atoms with Crippen LogP contribution < -0.4 is 10.3 Å². The van der Waals surface area contributed by atoms with Crippen molar-refractivity contribution in [2.75, 3.05) is 0 Å². The largest absolute Gasteiger partial charge is 0.608 e. The average Bonchev–Trinajstić information content (AvgIpc) is 2.53. The first kappa shape index (κ1) is 18.0. The molecule has 0 N–H and O–H groups in total. The van der Waals surface area contributed by atoms with E-state index >= 15 is 0 Å². The molecule has 1 aromatic heterocycles. The van der Waals surface area contributed by atoms with Gasteiger partial charge in [-0.1, -0.05) is 22.8 Å². The molecule has 3 nitrogen and oxygen atoms in total. The van der Waals surface area contributed by atoms with Gasteiger partial charge in [0.05, 0.1) is 10.9 Å². The highest BCUT2D eigenvalue weighted by Crippen LogP contribution is 2.42. The normalized spacial score (nSPS) is 12.6. The van der Waals surface area contributed by atoms with Gasteiger partial charge in [0.2, 0.25) is 5.69 Å². The average molecular weight is 374 g/mol. The van der Waals surface area contributed by atoms with E-state index in [-0.39, 0.29) is 11.0 Å². The molecule has 0 saturated carbocycles. The van der Waals surface area contributed by atoms with Gasteiger partial charge in [-0.2, -0.15) is 31.1 Å². The van der Waals surface area contributed by atoms with Crippen molar-refractivity contribution >= 4 is 11.0 Å². The lowest BCUT2D eigenvalue weighted by atomic mass is 10.0. The first-order chi connectivity index (χ1) is 12.0. The maximum atomic E-state index is 13.4. The fraction of sp³-hybridized carbons (Fsp3) is 0.176. The van der Waals surface area contributed by atoms with Crippen LogP contribution in [0.3, 0.4) is 0 Å². The molecule has 0 radical (unpaired) electrons. The quantitative estimate of drug-likeness (QED) is 0.467. The predicted octanol–water partition coefficient (Wildman–Crippen LogP) is 4.42. The molecule has 3 aromatic rings. The summed E-state index contributed by atoms with van der Waals surface area (Å²) in [5, 5.41) is 0.273. The first-order valence-corrected chi connectivity index (χ1v) is 7.23. The Balaban J connectivity index is 2.40. The number of halogens is 6. The van der Waals surface area contributed by atoms with E-state index in [0.29, 0.717) is 16.2 Å². The minimum Gasteiger partial charge on any atom is -0.371 e. The number of aryl methyl sites for hydroxylation is 1. The fourth-order valence-corrected chi connectivity index (χ4v) is 2.69. The van der Waals surface area contributed by atoms with Gasteiger partial charge >= 0.3 is 18.1 Å². The molecule has 0 bridgehead atoms. The summed E-state index contributed by atoms with van der Waals surface area (Å²) >= 11 is 0. The molecule has 0 aliphatic carbocycles. The summed E-state index contributed by atoms with van der Waals surface area (Å²) < 4.78 is 84.8. The first-order valence-electron chi connectivity index (χ1n) is 7.23. The zero-order chi connectivity index (χ0) is 19.3. The molecule has 0 saturated heterocycles. The number of alkyl halides is 6. The summed E-state index contributed by atoms with van der Waals surface area (Å²) in [6, 6.07) is 6.60. The Labute approximate surface area is 142 Å². The summed E-state index contributed by atoms with van der Waals surface area (Å²) in [6.45, 7) is 1.63. The SMILES string of the molecule is Cc1cccc2c[n+](-c3cccc(C(F)(F)F)c3C(F)(F)F)c(=O)oc12. The van der Waals surface area contributed by atoms with Crippen LogP contribution in [0.1, 0.15) is 16.7 Å². The van der Waals surface area contributed by atoms with Crippen molar-refractivity contribution in [3.05, 3.63) is 69.8 Å². The third kappa shape index (κ3) is 3.04. The summed E-state index contributed by atoms with van der Waals surface area (Å²) in [6.07, 6.45) is -9.55. The number of fused-ring (bicyclic) bond motifs is 1. The highest BCUT2D eigenvalue weighted by Gasteiger charge is 2.48. The standard InChI is InChI=1S/C17H10F6NO2/c1-9-4-2-5-10-8-24(15(25)26-14(9)10)12-7-3-6-11(16(18,19)20)13(12)17(21,22)23/h2-8H,1H3/q+1. The lowest BCUT2D eigenvalue weighted by molar-refractivity contribution is -0.624. The second kappa shape index (κ2) is 5.86. The van der Waals surface area contributed by atoms with Gasteiger partial charge < -0.3 is 4.42 Å². The van der Waals surface area contributed by atoms with Crippen LogP contribution in [0.25, 0.3) is 16.7 Å².